The van der Waals surface area contributed by atoms with Crippen LogP contribution in [0.25, 0.3) is 0 Å². The van der Waals surface area contributed by atoms with Gasteiger partial charge in [-0.25, -0.2) is 0 Å². The van der Waals surface area contributed by atoms with Gasteiger partial charge in [0.05, 0.1) is 0 Å². The van der Waals surface area contributed by atoms with Crippen molar-refractivity contribution in [1.82, 2.24) is 4.98 Å². The van der Waals surface area contributed by atoms with Crippen LogP contribution in [0.4, 0.5) is 16.1 Å². The van der Waals surface area contributed by atoms with E-state index in [0.717, 1.165) is 16.8 Å². The number of rotatable bonds is 5. The molecule has 7 nitrogen and oxygen atoms in total. The van der Waals surface area contributed by atoms with Crippen molar-refractivity contribution in [3.63, 3.8) is 0 Å². The van der Waals surface area contributed by atoms with Crippen LogP contribution in [-0.2, 0) is 4.79 Å². The first-order chi connectivity index (χ1) is 13.5. The molecule has 3 aromatic rings. The molecule has 2 aromatic carbocycles. The number of hydrogen-bond donors (Lipinski definition) is 2. The minimum atomic E-state index is -0.383. The molecule has 8 heteroatoms. The Morgan fingerprint density at radius 1 is 1.04 bits per heavy atom. The predicted molar refractivity (Wildman–Crippen MR) is 108 cm³/mol. The summed E-state index contributed by atoms with van der Waals surface area (Å²) < 4.78 is 6.12. The topological polar surface area (TPSA) is 92.7 Å². The Kier molecular flexibility index (Phi) is 4.81. The number of ether oxygens (including phenoxy) is 1. The van der Waals surface area contributed by atoms with Gasteiger partial charge in [-0.15, -0.1) is 0 Å². The summed E-state index contributed by atoms with van der Waals surface area (Å²) in [4.78, 5) is 33.3. The number of fused-ring (bicyclic) bond motifs is 1. The van der Waals surface area contributed by atoms with Gasteiger partial charge in [0.2, 0.25) is 0 Å². The van der Waals surface area contributed by atoms with E-state index in [-0.39, 0.29) is 26.3 Å². The second-order valence-corrected chi connectivity index (χ2v) is 8.31. The van der Waals surface area contributed by atoms with Gasteiger partial charge in [-0.3, -0.25) is 0 Å². The summed E-state index contributed by atoms with van der Waals surface area (Å²) in [6.45, 7) is 1.97. The van der Waals surface area contributed by atoms with Crippen LogP contribution in [-0.4, -0.2) is 44.1 Å². The fourth-order valence-corrected chi connectivity index (χ4v) is 4.18. The summed E-state index contributed by atoms with van der Waals surface area (Å²) in [6.07, 6.45) is 1.50. The van der Waals surface area contributed by atoms with Gasteiger partial charge in [-0.05, 0) is 0 Å². The first-order valence-corrected chi connectivity index (χ1v) is 10.2. The summed E-state index contributed by atoms with van der Waals surface area (Å²) in [7, 11) is 1.58. The number of aromatic nitrogens is 1. The van der Waals surface area contributed by atoms with E-state index in [1.807, 2.05) is 25.1 Å². The van der Waals surface area contributed by atoms with Gasteiger partial charge in [0.15, 0.2) is 0 Å². The maximum atomic E-state index is 12.4. The van der Waals surface area contributed by atoms with E-state index in [2.05, 4.69) is 20.6 Å². The zero-order chi connectivity index (χ0) is 19.7. The quantitative estimate of drug-likeness (QED) is 0.598. The molecule has 2 amide bonds. The zero-order valence-electron chi connectivity index (χ0n) is 15.1. The van der Waals surface area contributed by atoms with Crippen molar-refractivity contribution in [2.24, 2.45) is 4.99 Å². The van der Waals surface area contributed by atoms with Crippen molar-refractivity contribution in [2.45, 2.75) is 6.92 Å². The van der Waals surface area contributed by atoms with Crippen molar-refractivity contribution in [1.29, 1.82) is 0 Å². The van der Waals surface area contributed by atoms with Gasteiger partial charge in [0, 0.05) is 0 Å². The van der Waals surface area contributed by atoms with Gasteiger partial charge < -0.3 is 0 Å². The van der Waals surface area contributed by atoms with Crippen LogP contribution in [0, 0.1) is 6.92 Å². The molecule has 0 saturated heterocycles. The molecule has 0 aliphatic carbocycles. The Morgan fingerprint density at radius 3 is 2.57 bits per heavy atom. The molecule has 1 aliphatic heterocycles. The van der Waals surface area contributed by atoms with E-state index >= 15 is 0 Å². The molecule has 0 spiro atoms. The van der Waals surface area contributed by atoms with E-state index in [0.29, 0.717) is 26.3 Å². The molecular formula is C20H16N4O3Se. The number of hydrogen-bond acceptors (Lipinski definition) is 5. The molecule has 0 atom stereocenters. The Labute approximate surface area is 167 Å². The molecule has 140 valence electrons. The van der Waals surface area contributed by atoms with Crippen molar-refractivity contribution >= 4 is 48.1 Å². The summed E-state index contributed by atoms with van der Waals surface area (Å²) in [5.41, 5.74) is 3.78. The first kappa shape index (κ1) is 18.2. The summed E-state index contributed by atoms with van der Waals surface area (Å²) in [5.74, 6) is 0.176. The fourth-order valence-electron chi connectivity index (χ4n) is 2.70. The third-order valence-corrected chi connectivity index (χ3v) is 6.06. The Bertz CT molecular complexity index is 1100. The maximum absolute atomic E-state index is 12.4. The van der Waals surface area contributed by atoms with E-state index in [4.69, 9.17) is 4.74 Å². The molecule has 0 radical (unpaired) electrons. The number of aliphatic imine (C=N–C) groups is 1. The first-order valence-electron chi connectivity index (χ1n) is 8.46. The molecule has 0 saturated carbocycles. The number of methoxy groups -OCH3 is 1. The van der Waals surface area contributed by atoms with E-state index < -0.39 is 0 Å². The third kappa shape index (κ3) is 3.60. The van der Waals surface area contributed by atoms with Crippen LogP contribution in [0.3, 0.4) is 0 Å². The second-order valence-electron chi connectivity index (χ2n) is 6.15. The van der Waals surface area contributed by atoms with Gasteiger partial charge >= 0.3 is 167 Å². The van der Waals surface area contributed by atoms with Crippen molar-refractivity contribution in [3.05, 3.63) is 64.2 Å². The summed E-state index contributed by atoms with van der Waals surface area (Å²) in [6, 6.07) is 12.8. The standard InChI is InChI=1S/C20H16N4O3Se/c1-11-3-8-15-14(9-11)17(23-15)19(26)24-20-21-10-16(28-20)18(25)22-12-4-6-13(27-2)7-5-12/h3-10H,1-2H3,(H,22,25)(H,21,24,26). The van der Waals surface area contributed by atoms with Crippen molar-refractivity contribution < 1.29 is 14.3 Å². The second kappa shape index (κ2) is 7.42. The molecule has 2 heterocycles. The Balaban J connectivity index is 1.40. The molecule has 1 aromatic heterocycles. The van der Waals surface area contributed by atoms with Crippen LogP contribution >= 0.6 is 0 Å². The summed E-state index contributed by atoms with van der Waals surface area (Å²) in [5, 5.41) is 5.58. The monoisotopic (exact) mass is 440 g/mol. The van der Waals surface area contributed by atoms with Crippen molar-refractivity contribution in [2.75, 3.05) is 17.7 Å². The van der Waals surface area contributed by atoms with Gasteiger partial charge in [-0.2, -0.15) is 0 Å². The predicted octanol–water partition coefficient (Wildman–Crippen LogP) is 2.78. The fraction of sp³-hybridized carbons (Fsp3) is 0.100. The molecule has 0 fully saturated rings. The number of nitrogens with one attached hydrogen (secondary N) is 2. The van der Waals surface area contributed by atoms with Gasteiger partial charge in [0.25, 0.3) is 0 Å². The molecular weight excluding hydrogens is 423 g/mol. The van der Waals surface area contributed by atoms with Gasteiger partial charge in [-0.1, -0.05) is 0 Å². The molecule has 28 heavy (non-hydrogen) atoms. The molecule has 0 unspecified atom stereocenters. The minimum absolute atomic E-state index is 0.236. The summed E-state index contributed by atoms with van der Waals surface area (Å²) >= 11 is -0.383. The van der Waals surface area contributed by atoms with Crippen molar-refractivity contribution in [3.8, 4) is 5.75 Å². The normalized spacial score (nSPS) is 11.7. The number of nitrogens with zero attached hydrogens (tertiary/aromatic N) is 2. The molecule has 2 N–H and O–H groups in total. The number of anilines is 2. The third-order valence-electron chi connectivity index (χ3n) is 4.15. The Hall–Kier alpha value is -3.22. The number of carbonyl (C=O) groups excluding carboxylic acids is 2. The molecule has 1 aliphatic rings. The van der Waals surface area contributed by atoms with E-state index in [1.165, 1.54) is 6.20 Å². The average Bonchev–Trinajstić information content (AvgIpc) is 3.13. The van der Waals surface area contributed by atoms with Crippen LogP contribution < -0.4 is 15.4 Å². The SMILES string of the molecule is COc1ccc(NC(=O)c2cnc(NC(=O)C3=Nc4ccc(C)cc43)[se]2)cc1. The number of carbonyl (C=O) groups is 2. The van der Waals surface area contributed by atoms with Crippen LogP contribution in [0.2, 0.25) is 0 Å². The number of benzene rings is 2. The van der Waals surface area contributed by atoms with Gasteiger partial charge in [0.1, 0.15) is 0 Å². The number of aryl methyl sites for hydroxylation is 1. The Morgan fingerprint density at radius 2 is 1.82 bits per heavy atom. The van der Waals surface area contributed by atoms with E-state index in [1.54, 1.807) is 31.4 Å². The van der Waals surface area contributed by atoms with E-state index in [9.17, 15) is 9.59 Å². The average molecular weight is 439 g/mol. The molecule has 4 rings (SSSR count). The zero-order valence-corrected chi connectivity index (χ0v) is 16.9. The van der Waals surface area contributed by atoms with Crippen LogP contribution in [0.1, 0.15) is 20.4 Å². The number of amides is 2. The van der Waals surface area contributed by atoms with Crippen LogP contribution in [0.5, 0.6) is 5.75 Å². The van der Waals surface area contributed by atoms with Crippen LogP contribution in [0.15, 0.2) is 53.7 Å². The molecule has 0 bridgehead atoms.